The highest BCUT2D eigenvalue weighted by atomic mass is 35.5. The molecule has 1 N–H and O–H groups in total. The third-order valence-electron chi connectivity index (χ3n) is 2.21. The summed E-state index contributed by atoms with van der Waals surface area (Å²) in [6.45, 7) is 3.87. The van der Waals surface area contributed by atoms with Gasteiger partial charge in [-0.2, -0.15) is 5.10 Å². The van der Waals surface area contributed by atoms with Gasteiger partial charge in [0.1, 0.15) is 16.2 Å². The fourth-order valence-corrected chi connectivity index (χ4v) is 1.76. The topological polar surface area (TPSA) is 67.9 Å². The van der Waals surface area contributed by atoms with Crippen LogP contribution in [0.25, 0.3) is 10.9 Å². The molecule has 0 amide bonds. The molecule has 2 aromatic rings. The molecule has 2 aromatic heterocycles. The SMILES string of the molecule is CCOC(=O)c1cnc(Cl)c2c(C)[nH]nc12. The van der Waals surface area contributed by atoms with Gasteiger partial charge < -0.3 is 4.74 Å². The number of hydrogen-bond donors (Lipinski definition) is 1. The van der Waals surface area contributed by atoms with E-state index < -0.39 is 5.97 Å². The van der Waals surface area contributed by atoms with Crippen LogP contribution in [-0.4, -0.2) is 27.8 Å². The third-order valence-corrected chi connectivity index (χ3v) is 2.50. The zero-order valence-corrected chi connectivity index (χ0v) is 9.63. The molecule has 0 saturated heterocycles. The van der Waals surface area contributed by atoms with Crippen LogP contribution in [0.1, 0.15) is 23.0 Å². The number of esters is 1. The van der Waals surface area contributed by atoms with Crippen LogP contribution in [0.2, 0.25) is 5.15 Å². The molecule has 0 unspecified atom stereocenters. The molecule has 2 rings (SSSR count). The number of carbonyl (C=O) groups is 1. The van der Waals surface area contributed by atoms with E-state index in [0.717, 1.165) is 5.69 Å². The molecule has 84 valence electrons. The van der Waals surface area contributed by atoms with Crippen LogP contribution < -0.4 is 0 Å². The maximum absolute atomic E-state index is 11.6. The number of carbonyl (C=O) groups excluding carboxylic acids is 1. The molecule has 0 aromatic carbocycles. The number of aryl methyl sites for hydroxylation is 1. The van der Waals surface area contributed by atoms with Gasteiger partial charge in [0.25, 0.3) is 0 Å². The summed E-state index contributed by atoms with van der Waals surface area (Å²) in [6.07, 6.45) is 1.38. The van der Waals surface area contributed by atoms with E-state index in [4.69, 9.17) is 16.3 Å². The first-order valence-electron chi connectivity index (χ1n) is 4.81. The van der Waals surface area contributed by atoms with Crippen LogP contribution in [0.4, 0.5) is 0 Å². The highest BCUT2D eigenvalue weighted by Crippen LogP contribution is 2.25. The summed E-state index contributed by atoms with van der Waals surface area (Å²) in [7, 11) is 0. The minimum absolute atomic E-state index is 0.312. The molecular formula is C10H10ClN3O2. The summed E-state index contributed by atoms with van der Waals surface area (Å²) in [5.41, 5.74) is 1.60. The summed E-state index contributed by atoms with van der Waals surface area (Å²) < 4.78 is 4.91. The summed E-state index contributed by atoms with van der Waals surface area (Å²) in [5, 5.41) is 7.79. The number of ether oxygens (including phenoxy) is 1. The van der Waals surface area contributed by atoms with Crippen molar-refractivity contribution in [3.05, 3.63) is 22.6 Å². The lowest BCUT2D eigenvalue weighted by Crippen LogP contribution is -2.06. The first-order chi connectivity index (χ1) is 7.65. The molecule has 5 nitrogen and oxygen atoms in total. The Balaban J connectivity index is 2.64. The van der Waals surface area contributed by atoms with Crippen molar-refractivity contribution in [2.24, 2.45) is 0 Å². The highest BCUT2D eigenvalue weighted by Gasteiger charge is 2.17. The second-order valence-corrected chi connectivity index (χ2v) is 3.61. The van der Waals surface area contributed by atoms with Crippen molar-refractivity contribution in [3.8, 4) is 0 Å². The molecule has 0 atom stereocenters. The van der Waals surface area contributed by atoms with Gasteiger partial charge in [-0.15, -0.1) is 0 Å². The number of aromatic nitrogens is 3. The predicted molar refractivity (Wildman–Crippen MR) is 59.6 cm³/mol. The monoisotopic (exact) mass is 239 g/mol. The van der Waals surface area contributed by atoms with E-state index in [1.165, 1.54) is 6.20 Å². The largest absolute Gasteiger partial charge is 0.462 e. The Bertz CT molecular complexity index is 550. The fraction of sp³-hybridized carbons (Fsp3) is 0.300. The Kier molecular flexibility index (Phi) is 2.78. The van der Waals surface area contributed by atoms with Crippen LogP contribution in [0, 0.1) is 6.92 Å². The van der Waals surface area contributed by atoms with Gasteiger partial charge in [-0.25, -0.2) is 9.78 Å². The van der Waals surface area contributed by atoms with E-state index in [2.05, 4.69) is 15.2 Å². The molecule has 0 saturated carbocycles. The second kappa shape index (κ2) is 4.09. The van der Waals surface area contributed by atoms with Crippen molar-refractivity contribution in [3.63, 3.8) is 0 Å². The number of H-pyrrole nitrogens is 1. The lowest BCUT2D eigenvalue weighted by atomic mass is 10.2. The van der Waals surface area contributed by atoms with Gasteiger partial charge in [0.05, 0.1) is 12.0 Å². The number of rotatable bonds is 2. The number of aromatic amines is 1. The second-order valence-electron chi connectivity index (χ2n) is 3.26. The Morgan fingerprint density at radius 3 is 3.06 bits per heavy atom. The van der Waals surface area contributed by atoms with E-state index in [1.54, 1.807) is 6.92 Å². The number of halogens is 1. The van der Waals surface area contributed by atoms with Gasteiger partial charge in [-0.3, -0.25) is 5.10 Å². The Morgan fingerprint density at radius 2 is 2.38 bits per heavy atom. The van der Waals surface area contributed by atoms with E-state index in [0.29, 0.717) is 28.2 Å². The maximum Gasteiger partial charge on any atom is 0.342 e. The molecular weight excluding hydrogens is 230 g/mol. The van der Waals surface area contributed by atoms with Crippen molar-refractivity contribution in [2.75, 3.05) is 6.61 Å². The van der Waals surface area contributed by atoms with Crippen LogP contribution >= 0.6 is 11.6 Å². The third kappa shape index (κ3) is 1.63. The van der Waals surface area contributed by atoms with Crippen LogP contribution in [-0.2, 0) is 4.74 Å². The Labute approximate surface area is 96.8 Å². The first kappa shape index (κ1) is 10.9. The molecule has 0 aliphatic carbocycles. The molecule has 2 heterocycles. The predicted octanol–water partition coefficient (Wildman–Crippen LogP) is 2.10. The summed E-state index contributed by atoms with van der Waals surface area (Å²) in [6, 6.07) is 0. The zero-order valence-electron chi connectivity index (χ0n) is 8.87. The van der Waals surface area contributed by atoms with E-state index in [-0.39, 0.29) is 0 Å². The van der Waals surface area contributed by atoms with Crippen molar-refractivity contribution < 1.29 is 9.53 Å². The smallest absolute Gasteiger partial charge is 0.342 e. The number of pyridine rings is 1. The van der Waals surface area contributed by atoms with E-state index >= 15 is 0 Å². The lowest BCUT2D eigenvalue weighted by Gasteiger charge is -2.02. The minimum atomic E-state index is -0.442. The maximum atomic E-state index is 11.6. The van der Waals surface area contributed by atoms with Gasteiger partial charge in [0, 0.05) is 11.9 Å². The van der Waals surface area contributed by atoms with Crippen LogP contribution in [0.15, 0.2) is 6.20 Å². The molecule has 0 radical (unpaired) electrons. The molecule has 0 fully saturated rings. The molecule has 0 aliphatic rings. The molecule has 6 heteroatoms. The van der Waals surface area contributed by atoms with E-state index in [1.807, 2.05) is 6.92 Å². The first-order valence-corrected chi connectivity index (χ1v) is 5.19. The summed E-state index contributed by atoms with van der Waals surface area (Å²) in [5.74, 6) is -0.442. The normalized spacial score (nSPS) is 10.7. The van der Waals surface area contributed by atoms with Crippen LogP contribution in [0.3, 0.4) is 0 Å². The number of fused-ring (bicyclic) bond motifs is 1. The van der Waals surface area contributed by atoms with Crippen molar-refractivity contribution in [1.82, 2.24) is 15.2 Å². The van der Waals surface area contributed by atoms with Gasteiger partial charge >= 0.3 is 5.97 Å². The van der Waals surface area contributed by atoms with Crippen LogP contribution in [0.5, 0.6) is 0 Å². The molecule has 16 heavy (non-hydrogen) atoms. The van der Waals surface area contributed by atoms with Gasteiger partial charge in [0.2, 0.25) is 0 Å². The summed E-state index contributed by atoms with van der Waals surface area (Å²) >= 11 is 5.93. The minimum Gasteiger partial charge on any atom is -0.462 e. The molecule has 0 aliphatic heterocycles. The Morgan fingerprint density at radius 1 is 1.62 bits per heavy atom. The number of hydrogen-bond acceptors (Lipinski definition) is 4. The fourth-order valence-electron chi connectivity index (χ4n) is 1.48. The molecule has 0 spiro atoms. The number of nitrogens with one attached hydrogen (secondary N) is 1. The van der Waals surface area contributed by atoms with Gasteiger partial charge in [-0.05, 0) is 13.8 Å². The molecule has 0 bridgehead atoms. The van der Waals surface area contributed by atoms with Gasteiger partial charge in [0.15, 0.2) is 0 Å². The highest BCUT2D eigenvalue weighted by molar-refractivity contribution is 6.34. The van der Waals surface area contributed by atoms with Crippen molar-refractivity contribution >= 4 is 28.5 Å². The van der Waals surface area contributed by atoms with Crippen molar-refractivity contribution in [1.29, 1.82) is 0 Å². The Hall–Kier alpha value is -1.62. The average molecular weight is 240 g/mol. The lowest BCUT2D eigenvalue weighted by molar-refractivity contribution is 0.0528. The van der Waals surface area contributed by atoms with E-state index in [9.17, 15) is 4.79 Å². The van der Waals surface area contributed by atoms with Gasteiger partial charge in [-0.1, -0.05) is 11.6 Å². The number of nitrogens with zero attached hydrogens (tertiary/aromatic N) is 2. The van der Waals surface area contributed by atoms with Crippen molar-refractivity contribution in [2.45, 2.75) is 13.8 Å². The average Bonchev–Trinajstić information content (AvgIpc) is 2.62. The zero-order chi connectivity index (χ0) is 11.7. The summed E-state index contributed by atoms with van der Waals surface area (Å²) in [4.78, 5) is 15.6. The standard InChI is InChI=1S/C10H10ClN3O2/c1-3-16-10(15)6-4-12-9(11)7-5(2)13-14-8(6)7/h4H,3H2,1-2H3,(H,13,14). The quantitative estimate of drug-likeness (QED) is 0.644.